The number of benzene rings is 1. The molecule has 0 spiro atoms. The van der Waals surface area contributed by atoms with Crippen LogP contribution in [0.2, 0.25) is 0 Å². The molecule has 9 nitrogen and oxygen atoms in total. The lowest BCUT2D eigenvalue weighted by Crippen LogP contribution is -2.10. The van der Waals surface area contributed by atoms with Crippen molar-refractivity contribution in [1.29, 1.82) is 5.26 Å². The number of nitriles is 1. The molecule has 1 saturated carbocycles. The Morgan fingerprint density at radius 1 is 1.21 bits per heavy atom. The Morgan fingerprint density at radius 3 is 2.63 bits per heavy atom. The Labute approximate surface area is 218 Å². The van der Waals surface area contributed by atoms with Gasteiger partial charge in [-0.3, -0.25) is 9.67 Å². The third-order valence-corrected chi connectivity index (χ3v) is 6.32. The third kappa shape index (κ3) is 4.85. The average Bonchev–Trinajstić information content (AvgIpc) is 3.69. The lowest BCUT2D eigenvalue weighted by atomic mass is 10.1. The van der Waals surface area contributed by atoms with Crippen LogP contribution in [-0.4, -0.2) is 38.4 Å². The van der Waals surface area contributed by atoms with E-state index in [2.05, 4.69) is 26.3 Å². The highest BCUT2D eigenvalue weighted by atomic mass is 19.1. The minimum absolute atomic E-state index is 0.0828. The lowest BCUT2D eigenvalue weighted by Gasteiger charge is -2.11. The van der Waals surface area contributed by atoms with Crippen LogP contribution in [-0.2, 0) is 6.54 Å². The summed E-state index contributed by atoms with van der Waals surface area (Å²) in [5, 5.41) is 17.2. The van der Waals surface area contributed by atoms with Gasteiger partial charge in [0, 0.05) is 47.3 Å². The predicted molar refractivity (Wildman–Crippen MR) is 135 cm³/mol. The number of rotatable bonds is 9. The number of anilines is 2. The van der Waals surface area contributed by atoms with Crippen LogP contribution >= 0.6 is 0 Å². The molecular weight excluding hydrogens is 492 g/mol. The van der Waals surface area contributed by atoms with E-state index in [1.807, 2.05) is 6.92 Å². The highest BCUT2D eigenvalue weighted by Gasteiger charge is 2.32. The van der Waals surface area contributed by atoms with Gasteiger partial charge >= 0.3 is 0 Å². The van der Waals surface area contributed by atoms with E-state index in [0.717, 1.165) is 24.1 Å². The van der Waals surface area contributed by atoms with Crippen LogP contribution < -0.4 is 14.8 Å². The topological polar surface area (TPSA) is 111 Å². The Hall–Kier alpha value is -4.59. The molecule has 1 fully saturated rings. The second-order valence-electron chi connectivity index (χ2n) is 8.86. The fourth-order valence-corrected chi connectivity index (χ4v) is 4.35. The summed E-state index contributed by atoms with van der Waals surface area (Å²) >= 11 is 0. The maximum absolute atomic E-state index is 14.9. The van der Waals surface area contributed by atoms with Gasteiger partial charge in [0.25, 0.3) is 0 Å². The SMILES string of the molecule is CCOc1cc(F)c(Cn2nc(-c3ncc(OC)c(Nc4ccncc4C#N)n3)c(C)c2C2CC2)c(F)c1. The zero-order valence-corrected chi connectivity index (χ0v) is 21.1. The molecule has 11 heteroatoms. The first-order valence-electron chi connectivity index (χ1n) is 12.1. The summed E-state index contributed by atoms with van der Waals surface area (Å²) in [6.07, 6.45) is 6.46. The van der Waals surface area contributed by atoms with E-state index in [-0.39, 0.29) is 23.8 Å². The van der Waals surface area contributed by atoms with Gasteiger partial charge < -0.3 is 14.8 Å². The van der Waals surface area contributed by atoms with Gasteiger partial charge in [-0.15, -0.1) is 0 Å². The largest absolute Gasteiger partial charge is 0.494 e. The van der Waals surface area contributed by atoms with Crippen molar-refractivity contribution in [3.8, 4) is 29.1 Å². The second kappa shape index (κ2) is 10.4. The second-order valence-corrected chi connectivity index (χ2v) is 8.86. The van der Waals surface area contributed by atoms with Crippen molar-refractivity contribution in [2.45, 2.75) is 39.2 Å². The number of nitrogens with zero attached hydrogens (tertiary/aromatic N) is 6. The van der Waals surface area contributed by atoms with Crippen LogP contribution in [0.1, 0.15) is 48.1 Å². The van der Waals surface area contributed by atoms with Gasteiger partial charge in [0.15, 0.2) is 17.4 Å². The van der Waals surface area contributed by atoms with E-state index < -0.39 is 11.6 Å². The fourth-order valence-electron chi connectivity index (χ4n) is 4.35. The molecule has 0 saturated heterocycles. The highest BCUT2D eigenvalue weighted by Crippen LogP contribution is 2.44. The highest BCUT2D eigenvalue weighted by molar-refractivity contribution is 5.69. The average molecular weight is 518 g/mol. The third-order valence-electron chi connectivity index (χ3n) is 6.32. The molecule has 3 aromatic heterocycles. The first kappa shape index (κ1) is 25.1. The Balaban J connectivity index is 1.54. The molecule has 0 atom stereocenters. The zero-order valence-electron chi connectivity index (χ0n) is 21.1. The molecule has 0 bridgehead atoms. The number of methoxy groups -OCH3 is 1. The van der Waals surface area contributed by atoms with Crippen LogP contribution in [0.5, 0.6) is 11.5 Å². The maximum Gasteiger partial charge on any atom is 0.182 e. The van der Waals surface area contributed by atoms with Crippen molar-refractivity contribution in [2.24, 2.45) is 0 Å². The van der Waals surface area contributed by atoms with E-state index >= 15 is 0 Å². The van der Waals surface area contributed by atoms with Crippen LogP contribution in [0.15, 0.2) is 36.8 Å². The van der Waals surface area contributed by atoms with Gasteiger partial charge in [0.2, 0.25) is 0 Å². The van der Waals surface area contributed by atoms with Crippen molar-refractivity contribution >= 4 is 11.5 Å². The smallest absolute Gasteiger partial charge is 0.182 e. The molecule has 0 unspecified atom stereocenters. The minimum Gasteiger partial charge on any atom is -0.494 e. The molecule has 1 aliphatic rings. The number of ether oxygens (including phenoxy) is 2. The molecule has 3 heterocycles. The van der Waals surface area contributed by atoms with E-state index in [9.17, 15) is 14.0 Å². The summed E-state index contributed by atoms with van der Waals surface area (Å²) in [6, 6.07) is 6.12. The number of halogens is 2. The number of aromatic nitrogens is 5. The minimum atomic E-state index is -0.692. The number of hydrogen-bond donors (Lipinski definition) is 1. The summed E-state index contributed by atoms with van der Waals surface area (Å²) in [5.41, 5.74) is 3.00. The summed E-state index contributed by atoms with van der Waals surface area (Å²) in [6.45, 7) is 3.89. The predicted octanol–water partition coefficient (Wildman–Crippen LogP) is 5.27. The van der Waals surface area contributed by atoms with Crippen LogP contribution in [0.4, 0.5) is 20.3 Å². The normalized spacial score (nSPS) is 12.7. The summed E-state index contributed by atoms with van der Waals surface area (Å²) < 4.78 is 42.1. The van der Waals surface area contributed by atoms with Crippen molar-refractivity contribution in [1.82, 2.24) is 24.7 Å². The summed E-state index contributed by atoms with van der Waals surface area (Å²) in [4.78, 5) is 13.0. The Bertz CT molecular complexity index is 1520. The Kier molecular flexibility index (Phi) is 6.87. The number of hydrogen-bond acceptors (Lipinski definition) is 8. The monoisotopic (exact) mass is 517 g/mol. The van der Waals surface area contributed by atoms with Gasteiger partial charge in [0.1, 0.15) is 29.1 Å². The molecule has 0 aliphatic heterocycles. The molecule has 0 radical (unpaired) electrons. The van der Waals surface area contributed by atoms with Crippen molar-refractivity contribution in [2.75, 3.05) is 19.0 Å². The van der Waals surface area contributed by atoms with Gasteiger partial charge in [-0.05, 0) is 32.8 Å². The van der Waals surface area contributed by atoms with Crippen molar-refractivity contribution < 1.29 is 18.3 Å². The quantitative estimate of drug-likeness (QED) is 0.320. The Morgan fingerprint density at radius 2 is 1.97 bits per heavy atom. The standard InChI is InChI=1S/C27H25F2N7O2/c1-4-38-18-9-20(28)19(21(29)10-18)14-36-25(16-5-6-16)15(2)24(35-36)27-32-13-23(37-3)26(34-27)33-22-7-8-31-12-17(22)11-30/h7-10,12-13,16H,4-6,14H2,1-3H3,(H,31,32,33,34). The summed E-state index contributed by atoms with van der Waals surface area (Å²) in [5.74, 6) is 0.0256. The first-order valence-corrected chi connectivity index (χ1v) is 12.1. The zero-order chi connectivity index (χ0) is 26.8. The molecular formula is C27H25F2N7O2. The van der Waals surface area contributed by atoms with E-state index in [1.54, 1.807) is 23.9 Å². The molecule has 4 aromatic rings. The van der Waals surface area contributed by atoms with Crippen LogP contribution in [0, 0.1) is 29.9 Å². The molecule has 0 amide bonds. The van der Waals surface area contributed by atoms with Crippen LogP contribution in [0.3, 0.4) is 0 Å². The van der Waals surface area contributed by atoms with Gasteiger partial charge in [-0.2, -0.15) is 10.4 Å². The van der Waals surface area contributed by atoms with E-state index in [0.29, 0.717) is 40.9 Å². The fraction of sp³-hybridized carbons (Fsp3) is 0.296. The number of nitrogens with one attached hydrogen (secondary N) is 1. The molecule has 1 aromatic carbocycles. The van der Waals surface area contributed by atoms with Gasteiger partial charge in [-0.1, -0.05) is 0 Å². The molecule has 1 N–H and O–H groups in total. The molecule has 1 aliphatic carbocycles. The maximum atomic E-state index is 14.9. The van der Waals surface area contributed by atoms with Crippen LogP contribution in [0.25, 0.3) is 11.5 Å². The summed E-state index contributed by atoms with van der Waals surface area (Å²) in [7, 11) is 1.49. The van der Waals surface area contributed by atoms with Gasteiger partial charge in [0.05, 0.1) is 37.7 Å². The van der Waals surface area contributed by atoms with Gasteiger partial charge in [-0.25, -0.2) is 18.7 Å². The molecule has 5 rings (SSSR count). The molecule has 194 valence electrons. The van der Waals surface area contributed by atoms with E-state index in [4.69, 9.17) is 14.6 Å². The first-order chi connectivity index (χ1) is 18.4. The van der Waals surface area contributed by atoms with E-state index in [1.165, 1.54) is 31.6 Å². The van der Waals surface area contributed by atoms with Crippen molar-refractivity contribution in [3.05, 3.63) is 70.8 Å². The molecule has 38 heavy (non-hydrogen) atoms. The lowest BCUT2D eigenvalue weighted by molar-refractivity contribution is 0.335. The van der Waals surface area contributed by atoms with Crippen molar-refractivity contribution in [3.63, 3.8) is 0 Å². The number of pyridine rings is 1.